The van der Waals surface area contributed by atoms with Gasteiger partial charge >= 0.3 is 0 Å². The third kappa shape index (κ3) is 3.62. The third-order valence-electron chi connectivity index (χ3n) is 4.11. The Morgan fingerprint density at radius 3 is 2.90 bits per heavy atom. The van der Waals surface area contributed by atoms with Crippen LogP contribution in [-0.4, -0.2) is 36.2 Å². The molecule has 0 spiro atoms. The average Bonchev–Trinajstić information content (AvgIpc) is 3.12. The minimum atomic E-state index is -0.0355. The van der Waals surface area contributed by atoms with Gasteiger partial charge in [0, 0.05) is 31.2 Å². The van der Waals surface area contributed by atoms with Crippen molar-refractivity contribution in [1.29, 1.82) is 0 Å². The van der Waals surface area contributed by atoms with Crippen LogP contribution in [0.1, 0.15) is 43.8 Å². The molecule has 1 aromatic heterocycles. The van der Waals surface area contributed by atoms with Gasteiger partial charge < -0.3 is 14.5 Å². The Hall–Kier alpha value is -0.840. The highest BCUT2D eigenvalue weighted by Crippen LogP contribution is 2.23. The van der Waals surface area contributed by atoms with Gasteiger partial charge in [-0.1, -0.05) is 0 Å². The fourth-order valence-corrected chi connectivity index (χ4v) is 2.85. The van der Waals surface area contributed by atoms with Crippen molar-refractivity contribution in [3.63, 3.8) is 0 Å². The first-order chi connectivity index (χ1) is 9.52. The summed E-state index contributed by atoms with van der Waals surface area (Å²) >= 11 is 0. The van der Waals surface area contributed by atoms with Gasteiger partial charge in [0.15, 0.2) is 0 Å². The molecular weight excluding hydrogens is 252 g/mol. The summed E-state index contributed by atoms with van der Waals surface area (Å²) in [4.78, 5) is 2.46. The van der Waals surface area contributed by atoms with E-state index in [0.717, 1.165) is 50.3 Å². The number of ether oxygens (including phenoxy) is 1. The van der Waals surface area contributed by atoms with Gasteiger partial charge in [0.2, 0.25) is 0 Å². The molecule has 1 aliphatic heterocycles. The van der Waals surface area contributed by atoms with Gasteiger partial charge in [-0.2, -0.15) is 0 Å². The summed E-state index contributed by atoms with van der Waals surface area (Å²) in [6.07, 6.45) is 2.63. The molecule has 3 rings (SSSR count). The van der Waals surface area contributed by atoms with E-state index < -0.39 is 0 Å². The van der Waals surface area contributed by atoms with Gasteiger partial charge in [-0.15, -0.1) is 0 Å². The van der Waals surface area contributed by atoms with E-state index in [-0.39, 0.29) is 5.60 Å². The van der Waals surface area contributed by atoms with Crippen LogP contribution < -0.4 is 5.32 Å². The zero-order valence-corrected chi connectivity index (χ0v) is 12.9. The summed E-state index contributed by atoms with van der Waals surface area (Å²) in [7, 11) is 0. The summed E-state index contributed by atoms with van der Waals surface area (Å²) < 4.78 is 11.6. The van der Waals surface area contributed by atoms with Gasteiger partial charge in [-0.25, -0.2) is 0 Å². The van der Waals surface area contributed by atoms with Gasteiger partial charge in [-0.05, 0) is 39.7 Å². The molecule has 0 bridgehead atoms. The molecule has 4 nitrogen and oxygen atoms in total. The van der Waals surface area contributed by atoms with E-state index >= 15 is 0 Å². The zero-order chi connectivity index (χ0) is 14.2. The smallest absolute Gasteiger partial charge is 0.118 e. The SMILES string of the molecule is Cc1oc(CNC2CC2)cc1CN1CCOC(C)(C)C1. The van der Waals surface area contributed by atoms with Crippen LogP contribution in [0.25, 0.3) is 0 Å². The monoisotopic (exact) mass is 278 g/mol. The summed E-state index contributed by atoms with van der Waals surface area (Å²) in [6.45, 7) is 11.0. The molecule has 2 fully saturated rings. The standard InChI is InChI=1S/C16H26N2O2/c1-12-13(8-15(20-12)9-17-14-4-5-14)10-18-6-7-19-16(2,3)11-18/h8,14,17H,4-7,9-11H2,1-3H3. The second-order valence-electron chi connectivity index (χ2n) is 6.77. The molecular formula is C16H26N2O2. The predicted octanol–water partition coefficient (Wildman–Crippen LogP) is 2.45. The quantitative estimate of drug-likeness (QED) is 0.898. The van der Waals surface area contributed by atoms with Crippen LogP contribution in [-0.2, 0) is 17.8 Å². The van der Waals surface area contributed by atoms with Crippen molar-refractivity contribution in [2.45, 2.75) is 58.3 Å². The molecule has 1 aliphatic carbocycles. The summed E-state index contributed by atoms with van der Waals surface area (Å²) in [5.74, 6) is 2.12. The topological polar surface area (TPSA) is 37.6 Å². The Balaban J connectivity index is 1.58. The largest absolute Gasteiger partial charge is 0.465 e. The summed E-state index contributed by atoms with van der Waals surface area (Å²) in [6, 6.07) is 2.94. The van der Waals surface area contributed by atoms with Crippen molar-refractivity contribution in [2.24, 2.45) is 0 Å². The molecule has 1 saturated carbocycles. The Morgan fingerprint density at radius 1 is 1.40 bits per heavy atom. The number of morpholine rings is 1. The molecule has 4 heteroatoms. The Labute approximate surface area is 121 Å². The number of rotatable bonds is 5. The molecule has 0 radical (unpaired) electrons. The Kier molecular flexibility index (Phi) is 3.89. The number of hydrogen-bond donors (Lipinski definition) is 1. The normalized spacial score (nSPS) is 23.1. The highest BCUT2D eigenvalue weighted by molar-refractivity contribution is 5.21. The lowest BCUT2D eigenvalue weighted by molar-refractivity contribution is -0.0883. The zero-order valence-electron chi connectivity index (χ0n) is 12.9. The van der Waals surface area contributed by atoms with Crippen molar-refractivity contribution >= 4 is 0 Å². The second-order valence-corrected chi connectivity index (χ2v) is 6.77. The number of nitrogens with zero attached hydrogens (tertiary/aromatic N) is 1. The first kappa shape index (κ1) is 14.1. The lowest BCUT2D eigenvalue weighted by Crippen LogP contribution is -2.47. The number of nitrogens with one attached hydrogen (secondary N) is 1. The van der Waals surface area contributed by atoms with Crippen LogP contribution in [0.15, 0.2) is 10.5 Å². The molecule has 1 N–H and O–H groups in total. The third-order valence-corrected chi connectivity index (χ3v) is 4.11. The Morgan fingerprint density at radius 2 is 2.20 bits per heavy atom. The van der Waals surface area contributed by atoms with Gasteiger partial charge in [0.25, 0.3) is 0 Å². The van der Waals surface area contributed by atoms with E-state index in [1.807, 2.05) is 0 Å². The van der Waals surface area contributed by atoms with Crippen LogP contribution in [0.5, 0.6) is 0 Å². The van der Waals surface area contributed by atoms with Crippen molar-refractivity contribution in [3.8, 4) is 0 Å². The molecule has 1 saturated heterocycles. The van der Waals surface area contributed by atoms with E-state index in [4.69, 9.17) is 9.15 Å². The number of aryl methyl sites for hydroxylation is 1. The molecule has 2 aliphatic rings. The van der Waals surface area contributed by atoms with Crippen molar-refractivity contribution in [3.05, 3.63) is 23.2 Å². The van der Waals surface area contributed by atoms with Crippen molar-refractivity contribution in [2.75, 3.05) is 19.7 Å². The minimum Gasteiger partial charge on any atom is -0.465 e. The van der Waals surface area contributed by atoms with Crippen LogP contribution in [0.2, 0.25) is 0 Å². The second kappa shape index (κ2) is 5.51. The van der Waals surface area contributed by atoms with E-state index in [2.05, 4.69) is 37.1 Å². The highest BCUT2D eigenvalue weighted by atomic mass is 16.5. The lowest BCUT2D eigenvalue weighted by Gasteiger charge is -2.38. The molecule has 1 aromatic rings. The molecule has 20 heavy (non-hydrogen) atoms. The fourth-order valence-electron chi connectivity index (χ4n) is 2.85. The van der Waals surface area contributed by atoms with Crippen LogP contribution in [0.4, 0.5) is 0 Å². The lowest BCUT2D eigenvalue weighted by atomic mass is 10.1. The Bertz CT molecular complexity index is 463. The number of hydrogen-bond acceptors (Lipinski definition) is 4. The predicted molar refractivity (Wildman–Crippen MR) is 78.6 cm³/mol. The highest BCUT2D eigenvalue weighted by Gasteiger charge is 2.27. The van der Waals surface area contributed by atoms with E-state index in [1.54, 1.807) is 0 Å². The maximum atomic E-state index is 5.87. The average molecular weight is 278 g/mol. The fraction of sp³-hybridized carbons (Fsp3) is 0.750. The summed E-state index contributed by atoms with van der Waals surface area (Å²) in [5, 5.41) is 3.50. The molecule has 0 amide bonds. The molecule has 0 atom stereocenters. The minimum absolute atomic E-state index is 0.0355. The van der Waals surface area contributed by atoms with Crippen molar-refractivity contribution in [1.82, 2.24) is 10.2 Å². The van der Waals surface area contributed by atoms with Crippen LogP contribution >= 0.6 is 0 Å². The maximum Gasteiger partial charge on any atom is 0.118 e. The van der Waals surface area contributed by atoms with Gasteiger partial charge in [0.05, 0.1) is 18.8 Å². The first-order valence-electron chi connectivity index (χ1n) is 7.70. The van der Waals surface area contributed by atoms with E-state index in [1.165, 1.54) is 18.4 Å². The van der Waals surface area contributed by atoms with Crippen molar-refractivity contribution < 1.29 is 9.15 Å². The molecule has 0 unspecified atom stereocenters. The summed E-state index contributed by atoms with van der Waals surface area (Å²) in [5.41, 5.74) is 1.28. The number of furan rings is 1. The maximum absolute atomic E-state index is 5.87. The van der Waals surface area contributed by atoms with E-state index in [9.17, 15) is 0 Å². The first-order valence-corrected chi connectivity index (χ1v) is 7.70. The molecule has 112 valence electrons. The van der Waals surface area contributed by atoms with E-state index in [0.29, 0.717) is 0 Å². The van der Waals surface area contributed by atoms with Crippen LogP contribution in [0, 0.1) is 6.92 Å². The molecule has 2 heterocycles. The van der Waals surface area contributed by atoms with Crippen LogP contribution in [0.3, 0.4) is 0 Å². The van der Waals surface area contributed by atoms with Gasteiger partial charge in [0.1, 0.15) is 11.5 Å². The molecule has 0 aromatic carbocycles. The van der Waals surface area contributed by atoms with Gasteiger partial charge in [-0.3, -0.25) is 4.90 Å².